The molecule has 0 aliphatic heterocycles. The zero-order chi connectivity index (χ0) is 27.3. The van der Waals surface area contributed by atoms with Gasteiger partial charge in [-0.1, -0.05) is 30.3 Å². The van der Waals surface area contributed by atoms with Crippen LogP contribution < -0.4 is 10.1 Å². The molecule has 2 atom stereocenters. The summed E-state index contributed by atoms with van der Waals surface area (Å²) in [5, 5.41) is 13.5. The van der Waals surface area contributed by atoms with Crippen LogP contribution in [0.3, 0.4) is 0 Å². The average molecular weight is 527 g/mol. The fourth-order valence-corrected chi connectivity index (χ4v) is 3.61. The molecule has 7 nitrogen and oxygen atoms in total. The van der Waals surface area contributed by atoms with Gasteiger partial charge in [-0.05, 0) is 44.2 Å². The number of hydrogen-bond acceptors (Lipinski definition) is 6. The number of rotatable bonds is 6. The van der Waals surface area contributed by atoms with Crippen molar-refractivity contribution in [3.8, 4) is 5.75 Å². The van der Waals surface area contributed by atoms with Gasteiger partial charge in [0, 0.05) is 12.1 Å². The Kier molecular flexibility index (Phi) is 8.64. The van der Waals surface area contributed by atoms with Crippen molar-refractivity contribution in [3.63, 3.8) is 0 Å². The number of carbonyl (C=O) groups excluding carboxylic acids is 3. The predicted molar refractivity (Wildman–Crippen MR) is 118 cm³/mol. The summed E-state index contributed by atoms with van der Waals surface area (Å²) in [4.78, 5) is 36.1. The highest BCUT2D eigenvalue weighted by atomic mass is 19.2. The van der Waals surface area contributed by atoms with E-state index >= 15 is 0 Å². The third kappa shape index (κ3) is 6.50. The Morgan fingerprint density at radius 2 is 1.57 bits per heavy atom. The van der Waals surface area contributed by atoms with Gasteiger partial charge in [0.05, 0.1) is 0 Å². The summed E-state index contributed by atoms with van der Waals surface area (Å²) in [6, 6.07) is 6.52. The highest BCUT2D eigenvalue weighted by molar-refractivity contribution is 5.94. The summed E-state index contributed by atoms with van der Waals surface area (Å²) in [7, 11) is 0. The number of carbonyl (C=O) groups is 3. The van der Waals surface area contributed by atoms with E-state index in [1.54, 1.807) is 24.3 Å². The van der Waals surface area contributed by atoms with Crippen LogP contribution in [-0.4, -0.2) is 34.7 Å². The summed E-state index contributed by atoms with van der Waals surface area (Å²) in [6.07, 6.45) is -0.0769. The van der Waals surface area contributed by atoms with Gasteiger partial charge >= 0.3 is 6.16 Å². The summed E-state index contributed by atoms with van der Waals surface area (Å²) >= 11 is 0. The molecule has 3 rings (SSSR count). The number of ketones is 1. The normalized spacial score (nSPS) is 20.4. The first-order valence-electron chi connectivity index (χ1n) is 11.1. The van der Waals surface area contributed by atoms with Crippen molar-refractivity contribution in [1.29, 1.82) is 0 Å². The average Bonchev–Trinajstić information content (AvgIpc) is 2.87. The molecule has 1 aliphatic carbocycles. The van der Waals surface area contributed by atoms with Crippen LogP contribution in [0.2, 0.25) is 0 Å². The molecule has 0 saturated carbocycles. The zero-order valence-electron chi connectivity index (χ0n) is 19.5. The monoisotopic (exact) mass is 527 g/mol. The number of allylic oxidation sites excluding steroid dienone is 1. The lowest BCUT2D eigenvalue weighted by atomic mass is 9.87. The minimum Gasteiger partial charge on any atom is -0.426 e. The Morgan fingerprint density at radius 1 is 0.973 bits per heavy atom. The van der Waals surface area contributed by atoms with E-state index in [0.29, 0.717) is 11.1 Å². The van der Waals surface area contributed by atoms with E-state index in [4.69, 9.17) is 4.74 Å². The van der Waals surface area contributed by atoms with Crippen molar-refractivity contribution in [1.82, 2.24) is 5.32 Å². The van der Waals surface area contributed by atoms with E-state index in [1.165, 1.54) is 19.1 Å². The molecule has 1 amide bonds. The third-order valence-electron chi connectivity index (χ3n) is 5.76. The van der Waals surface area contributed by atoms with Gasteiger partial charge in [0.1, 0.15) is 11.7 Å². The number of amides is 1. The van der Waals surface area contributed by atoms with Crippen LogP contribution >= 0.6 is 0 Å². The molecule has 0 unspecified atom stereocenters. The molecule has 2 aromatic carbocycles. The molecule has 37 heavy (non-hydrogen) atoms. The van der Waals surface area contributed by atoms with Crippen molar-refractivity contribution < 1.29 is 50.9 Å². The fraction of sp³-hybridized carbons (Fsp3) is 0.320. The van der Waals surface area contributed by atoms with Crippen molar-refractivity contribution in [2.45, 2.75) is 50.9 Å². The number of halogens is 5. The molecule has 0 heterocycles. The molecule has 0 bridgehead atoms. The van der Waals surface area contributed by atoms with Crippen molar-refractivity contribution in [3.05, 3.63) is 76.6 Å². The molecular formula is C25H22F5NO6. The smallest absolute Gasteiger partial charge is 0.426 e. The number of ether oxygens (including phenoxy) is 2. The van der Waals surface area contributed by atoms with E-state index in [1.807, 2.05) is 0 Å². The van der Waals surface area contributed by atoms with Crippen LogP contribution in [0.1, 0.15) is 48.5 Å². The highest BCUT2D eigenvalue weighted by Gasteiger charge is 2.37. The van der Waals surface area contributed by atoms with Crippen molar-refractivity contribution in [2.75, 3.05) is 0 Å². The van der Waals surface area contributed by atoms with Gasteiger partial charge in [0.15, 0.2) is 5.78 Å². The summed E-state index contributed by atoms with van der Waals surface area (Å²) < 4.78 is 76.4. The number of benzene rings is 2. The first kappa shape index (κ1) is 27.8. The Hall–Kier alpha value is -3.80. The molecule has 0 saturated heterocycles. The molecule has 0 radical (unpaired) electrons. The third-order valence-corrected chi connectivity index (χ3v) is 5.76. The van der Waals surface area contributed by atoms with Gasteiger partial charge < -0.3 is 19.9 Å². The lowest BCUT2D eigenvalue weighted by Gasteiger charge is -2.29. The molecule has 1 aliphatic rings. The molecule has 2 aromatic rings. The van der Waals surface area contributed by atoms with Gasteiger partial charge in [-0.2, -0.15) is 8.78 Å². The van der Waals surface area contributed by atoms with Crippen LogP contribution in [0.5, 0.6) is 5.75 Å². The van der Waals surface area contributed by atoms with Crippen LogP contribution in [0.15, 0.2) is 36.4 Å². The maximum atomic E-state index is 13.7. The Morgan fingerprint density at radius 3 is 2.16 bits per heavy atom. The van der Waals surface area contributed by atoms with Gasteiger partial charge in [0.2, 0.25) is 34.8 Å². The minimum absolute atomic E-state index is 0.0420. The zero-order valence-corrected chi connectivity index (χ0v) is 19.5. The number of Topliss-reactive ketones (excluding diaryl/α,β-unsaturated/α-hetero) is 1. The summed E-state index contributed by atoms with van der Waals surface area (Å²) in [5.74, 6) is -14.3. The second-order valence-electron chi connectivity index (χ2n) is 8.38. The molecule has 12 heteroatoms. The van der Waals surface area contributed by atoms with E-state index in [9.17, 15) is 41.4 Å². The van der Waals surface area contributed by atoms with Crippen LogP contribution in [0, 0.1) is 29.1 Å². The fourth-order valence-electron chi connectivity index (χ4n) is 3.61. The van der Waals surface area contributed by atoms with Crippen LogP contribution in [0.25, 0.3) is 0 Å². The topological polar surface area (TPSA) is 102 Å². The van der Waals surface area contributed by atoms with E-state index in [-0.39, 0.29) is 38.0 Å². The van der Waals surface area contributed by atoms with Crippen LogP contribution in [0.4, 0.5) is 26.7 Å². The second-order valence-corrected chi connectivity index (χ2v) is 8.38. The molecule has 198 valence electrons. The maximum absolute atomic E-state index is 13.7. The molecule has 0 aromatic heterocycles. The van der Waals surface area contributed by atoms with Crippen molar-refractivity contribution >= 4 is 17.8 Å². The molecular weight excluding hydrogens is 505 g/mol. The predicted octanol–water partition coefficient (Wildman–Crippen LogP) is 4.65. The first-order valence-corrected chi connectivity index (χ1v) is 11.1. The lowest BCUT2D eigenvalue weighted by molar-refractivity contribution is -0.142. The van der Waals surface area contributed by atoms with Gasteiger partial charge in [-0.25, -0.2) is 18.0 Å². The molecule has 2 N–H and O–H groups in total. The molecule has 0 spiro atoms. The second kappa shape index (κ2) is 11.5. The van der Waals surface area contributed by atoms with E-state index < -0.39 is 58.6 Å². The highest BCUT2D eigenvalue weighted by Crippen LogP contribution is 2.30. The maximum Gasteiger partial charge on any atom is 0.514 e. The Balaban J connectivity index is 1.60. The molecule has 0 fully saturated rings. The standard InChI is InChI=1S/C25H22F5NO6/c1-13(32)15-7-5-14(6-8-15)12-31-23(33)25(35)10-3-2-4-16(9-11-25)36-24(34)37-22-20(29)18(27)17(26)19(28)21(22)30/h2,4-8,16,35H,3,9-12H2,1H3,(H,31,33)/b4-2+/t16-,25-/m0/s1. The SMILES string of the molecule is CC(=O)c1ccc(CNC(=O)[C@]2(O)CC/C=C/[C@H](OC(=O)Oc3c(F)c(F)c(F)c(F)c3F)CC2)cc1. The first-order chi connectivity index (χ1) is 17.4. The number of nitrogens with one attached hydrogen (secondary N) is 1. The number of hydrogen-bond donors (Lipinski definition) is 2. The largest absolute Gasteiger partial charge is 0.514 e. The van der Waals surface area contributed by atoms with E-state index in [2.05, 4.69) is 10.1 Å². The van der Waals surface area contributed by atoms with Crippen molar-refractivity contribution in [2.24, 2.45) is 0 Å². The van der Waals surface area contributed by atoms with Gasteiger partial charge in [-0.3, -0.25) is 9.59 Å². The lowest BCUT2D eigenvalue weighted by Crippen LogP contribution is -2.47. The quantitative estimate of drug-likeness (QED) is 0.108. The Labute approximate surface area is 207 Å². The number of aliphatic hydroxyl groups is 1. The summed E-state index contributed by atoms with van der Waals surface area (Å²) in [5.41, 5.74) is -0.660. The van der Waals surface area contributed by atoms with E-state index in [0.717, 1.165) is 0 Å². The van der Waals surface area contributed by atoms with Gasteiger partial charge in [-0.15, -0.1) is 0 Å². The minimum atomic E-state index is -2.41. The van der Waals surface area contributed by atoms with Crippen LogP contribution in [-0.2, 0) is 16.1 Å². The Bertz CT molecular complexity index is 1200. The van der Waals surface area contributed by atoms with Gasteiger partial charge in [0.25, 0.3) is 5.91 Å². The summed E-state index contributed by atoms with van der Waals surface area (Å²) in [6.45, 7) is 1.49.